The van der Waals surface area contributed by atoms with Gasteiger partial charge in [-0.1, -0.05) is 44.5 Å². The number of para-hydroxylation sites is 2. The van der Waals surface area contributed by atoms with Gasteiger partial charge in [0, 0.05) is 18.0 Å². The average Bonchev–Trinajstić information content (AvgIpc) is 3.01. The molecule has 3 aromatic rings. The number of carbonyl (C=O) groups is 2. The van der Waals surface area contributed by atoms with Crippen molar-refractivity contribution in [2.24, 2.45) is 0 Å². The van der Waals surface area contributed by atoms with Crippen LogP contribution in [0.1, 0.15) is 45.6 Å². The lowest BCUT2D eigenvalue weighted by Crippen LogP contribution is -2.52. The summed E-state index contributed by atoms with van der Waals surface area (Å²) < 4.78 is 48.8. The highest BCUT2D eigenvalue weighted by molar-refractivity contribution is 7.98. The third-order valence-corrected chi connectivity index (χ3v) is 9.36. The molecule has 0 aliphatic carbocycles. The molecule has 1 atom stereocenters. The van der Waals surface area contributed by atoms with Crippen molar-refractivity contribution in [1.82, 2.24) is 10.2 Å². The van der Waals surface area contributed by atoms with Crippen molar-refractivity contribution in [1.29, 1.82) is 0 Å². The number of nitrogens with one attached hydrogen (secondary N) is 1. The minimum atomic E-state index is -4.25. The summed E-state index contributed by atoms with van der Waals surface area (Å²) in [6.45, 7) is 5.74. The van der Waals surface area contributed by atoms with E-state index >= 15 is 0 Å². The maximum absolute atomic E-state index is 14.2. The Morgan fingerprint density at radius 3 is 2.26 bits per heavy atom. The van der Waals surface area contributed by atoms with Gasteiger partial charge in [-0.25, -0.2) is 12.8 Å². The maximum Gasteiger partial charge on any atom is 0.264 e. The minimum absolute atomic E-state index is 0.0117. The number of amides is 2. The van der Waals surface area contributed by atoms with E-state index in [1.807, 2.05) is 13.2 Å². The second kappa shape index (κ2) is 16.3. The number of thioether (sulfide) groups is 1. The van der Waals surface area contributed by atoms with E-state index in [0.717, 1.165) is 22.0 Å². The van der Waals surface area contributed by atoms with Crippen LogP contribution < -0.4 is 14.4 Å². The quantitative estimate of drug-likeness (QED) is 0.157. The molecule has 0 saturated carbocycles. The zero-order valence-electron chi connectivity index (χ0n) is 25.1. The lowest BCUT2D eigenvalue weighted by molar-refractivity contribution is -0.140. The van der Waals surface area contributed by atoms with Gasteiger partial charge in [0.1, 0.15) is 24.2 Å². The van der Waals surface area contributed by atoms with Gasteiger partial charge in [0.2, 0.25) is 11.8 Å². The topological polar surface area (TPSA) is 96.0 Å². The summed E-state index contributed by atoms with van der Waals surface area (Å²) in [5.74, 6) is -1.04. The van der Waals surface area contributed by atoms with Gasteiger partial charge in [-0.05, 0) is 80.1 Å². The van der Waals surface area contributed by atoms with E-state index in [1.54, 1.807) is 62.4 Å². The number of nitrogens with zero attached hydrogens (tertiary/aromatic N) is 2. The maximum atomic E-state index is 14.2. The molecule has 43 heavy (non-hydrogen) atoms. The number of carbonyl (C=O) groups excluding carboxylic acids is 2. The predicted octanol–water partition coefficient (Wildman–Crippen LogP) is 5.87. The number of sulfonamides is 1. The average molecular weight is 630 g/mol. The van der Waals surface area contributed by atoms with Crippen molar-refractivity contribution < 1.29 is 27.1 Å². The molecule has 0 bridgehead atoms. The van der Waals surface area contributed by atoms with Crippen LogP contribution in [0.5, 0.6) is 5.75 Å². The number of unbranched alkanes of at least 4 members (excludes halogenated alkanes) is 1. The monoisotopic (exact) mass is 629 g/mol. The number of ether oxygens (including phenoxy) is 1. The van der Waals surface area contributed by atoms with E-state index in [4.69, 9.17) is 4.74 Å². The van der Waals surface area contributed by atoms with Gasteiger partial charge in [-0.3, -0.25) is 13.9 Å². The van der Waals surface area contributed by atoms with Crippen LogP contribution in [-0.2, 0) is 26.2 Å². The molecule has 0 saturated heterocycles. The summed E-state index contributed by atoms with van der Waals surface area (Å²) in [5, 5.41) is 2.90. The Bertz CT molecular complexity index is 1450. The fourth-order valence-corrected chi connectivity index (χ4v) is 6.37. The Morgan fingerprint density at radius 1 is 0.977 bits per heavy atom. The molecule has 1 N–H and O–H groups in total. The van der Waals surface area contributed by atoms with Crippen LogP contribution in [0.2, 0.25) is 0 Å². The molecule has 0 fully saturated rings. The van der Waals surface area contributed by atoms with E-state index in [1.165, 1.54) is 40.9 Å². The molecule has 3 rings (SSSR count). The molecule has 8 nitrogen and oxygen atoms in total. The Hall–Kier alpha value is -3.57. The lowest BCUT2D eigenvalue weighted by atomic mass is 10.1. The fourth-order valence-electron chi connectivity index (χ4n) is 4.54. The molecule has 0 spiro atoms. The van der Waals surface area contributed by atoms with Gasteiger partial charge in [-0.2, -0.15) is 0 Å². The van der Waals surface area contributed by atoms with Crippen molar-refractivity contribution in [3.63, 3.8) is 0 Å². The fraction of sp³-hybridized carbons (Fsp3) is 0.375. The standard InChI is InChI=1S/C32H40FN3O5S2/c1-5-8-21-34-32(38)28(6-2)35(22-24-13-15-25(33)16-14-24)31(37)23-36(29-11-9-10-12-30(29)41-7-3)43(39,40)27-19-17-26(42-4)18-20-27/h9-20,28H,5-8,21-23H2,1-4H3,(H,34,38). The van der Waals surface area contributed by atoms with Crippen LogP contribution in [0.4, 0.5) is 10.1 Å². The number of hydrogen-bond donors (Lipinski definition) is 1. The Kier molecular flexibility index (Phi) is 12.9. The van der Waals surface area contributed by atoms with Gasteiger partial charge in [0.25, 0.3) is 10.0 Å². The summed E-state index contributed by atoms with van der Waals surface area (Å²) in [5.41, 5.74) is 0.806. The summed E-state index contributed by atoms with van der Waals surface area (Å²) >= 11 is 1.48. The molecule has 0 aromatic heterocycles. The van der Waals surface area contributed by atoms with Crippen molar-refractivity contribution in [2.75, 3.05) is 30.3 Å². The molecule has 3 aromatic carbocycles. The summed E-state index contributed by atoms with van der Waals surface area (Å²) in [4.78, 5) is 29.8. The van der Waals surface area contributed by atoms with Crippen molar-refractivity contribution in [2.45, 2.75) is 62.4 Å². The normalized spacial score (nSPS) is 11.9. The summed E-state index contributed by atoms with van der Waals surface area (Å²) in [6.07, 6.45) is 3.86. The Morgan fingerprint density at radius 2 is 1.65 bits per heavy atom. The SMILES string of the molecule is CCCCNC(=O)C(CC)N(Cc1ccc(F)cc1)C(=O)CN(c1ccccc1OCC)S(=O)(=O)c1ccc(SC)cc1. The molecule has 11 heteroatoms. The van der Waals surface area contributed by atoms with Gasteiger partial charge in [-0.15, -0.1) is 11.8 Å². The van der Waals surface area contributed by atoms with Crippen molar-refractivity contribution >= 4 is 39.3 Å². The van der Waals surface area contributed by atoms with Crippen LogP contribution >= 0.6 is 11.8 Å². The largest absolute Gasteiger partial charge is 0.492 e. The number of rotatable bonds is 16. The molecule has 0 radical (unpaired) electrons. The first-order valence-electron chi connectivity index (χ1n) is 14.4. The highest BCUT2D eigenvalue weighted by atomic mass is 32.2. The van der Waals surface area contributed by atoms with E-state index in [2.05, 4.69) is 5.32 Å². The van der Waals surface area contributed by atoms with E-state index < -0.39 is 34.3 Å². The first-order valence-corrected chi connectivity index (χ1v) is 17.0. The molecular weight excluding hydrogens is 590 g/mol. The molecule has 0 aliphatic heterocycles. The van der Waals surface area contributed by atoms with E-state index in [-0.39, 0.29) is 29.6 Å². The highest BCUT2D eigenvalue weighted by Gasteiger charge is 2.34. The number of halogens is 1. The smallest absolute Gasteiger partial charge is 0.264 e. The van der Waals surface area contributed by atoms with E-state index in [9.17, 15) is 22.4 Å². The zero-order valence-corrected chi connectivity index (χ0v) is 26.7. The Labute approximate surface area is 258 Å². The van der Waals surface area contributed by atoms with Gasteiger partial charge in [0.05, 0.1) is 17.2 Å². The third-order valence-electron chi connectivity index (χ3n) is 6.84. The van der Waals surface area contributed by atoms with Gasteiger partial charge >= 0.3 is 0 Å². The van der Waals surface area contributed by atoms with Gasteiger partial charge in [0.15, 0.2) is 0 Å². The number of hydrogen-bond acceptors (Lipinski definition) is 6. The molecule has 0 aliphatic rings. The van der Waals surface area contributed by atoms with Gasteiger partial charge < -0.3 is 15.0 Å². The van der Waals surface area contributed by atoms with Crippen molar-refractivity contribution in [3.05, 3.63) is 84.2 Å². The number of anilines is 1. The van der Waals surface area contributed by atoms with Crippen LogP contribution in [0.25, 0.3) is 0 Å². The van der Waals surface area contributed by atoms with Crippen LogP contribution in [0, 0.1) is 5.82 Å². The first kappa shape index (κ1) is 33.9. The third kappa shape index (κ3) is 8.96. The summed E-state index contributed by atoms with van der Waals surface area (Å²) in [6, 6.07) is 17.9. The molecule has 2 amide bonds. The lowest BCUT2D eigenvalue weighted by Gasteiger charge is -2.33. The first-order chi connectivity index (χ1) is 20.7. The molecule has 1 unspecified atom stereocenters. The molecule has 232 valence electrons. The second-order valence-corrected chi connectivity index (χ2v) is 12.5. The molecule has 0 heterocycles. The predicted molar refractivity (Wildman–Crippen MR) is 169 cm³/mol. The Balaban J connectivity index is 2.08. The molecular formula is C32H40FN3O5S2. The van der Waals surface area contributed by atoms with Crippen molar-refractivity contribution in [3.8, 4) is 5.75 Å². The number of benzene rings is 3. The van der Waals surface area contributed by atoms with Crippen LogP contribution in [0.3, 0.4) is 0 Å². The zero-order chi connectivity index (χ0) is 31.4. The highest BCUT2D eigenvalue weighted by Crippen LogP contribution is 2.33. The second-order valence-electron chi connectivity index (χ2n) is 9.80. The van der Waals surface area contributed by atoms with Crippen LogP contribution in [0.15, 0.2) is 82.6 Å². The minimum Gasteiger partial charge on any atom is -0.492 e. The van der Waals surface area contributed by atoms with Crippen LogP contribution in [-0.4, -0.2) is 57.1 Å². The summed E-state index contributed by atoms with van der Waals surface area (Å²) in [7, 11) is -4.25. The van der Waals surface area contributed by atoms with E-state index in [0.29, 0.717) is 24.3 Å².